The first kappa shape index (κ1) is 13.6. The van der Waals surface area contributed by atoms with Crippen LogP contribution in [0.15, 0.2) is 0 Å². The first-order valence-electron chi connectivity index (χ1n) is 7.43. The number of hydrogen-bond donors (Lipinski definition) is 1. The molecule has 3 heteroatoms. The van der Waals surface area contributed by atoms with Gasteiger partial charge in [-0.15, -0.1) is 0 Å². The maximum atomic E-state index is 4.82. The smallest absolute Gasteiger partial charge is 0.109 e. The van der Waals surface area contributed by atoms with E-state index in [-0.39, 0.29) is 0 Å². The molecule has 1 atom stereocenters. The Hall–Kier alpha value is -0.830. The summed E-state index contributed by atoms with van der Waals surface area (Å²) in [6.07, 6.45) is 4.74. The van der Waals surface area contributed by atoms with Crippen LogP contribution in [0.4, 0.5) is 0 Å². The molecule has 0 spiro atoms. The van der Waals surface area contributed by atoms with Gasteiger partial charge in [0, 0.05) is 37.7 Å². The van der Waals surface area contributed by atoms with E-state index in [1.807, 2.05) is 0 Å². The number of rotatable bonds is 5. The second-order valence-corrected chi connectivity index (χ2v) is 5.89. The zero-order valence-corrected chi connectivity index (χ0v) is 12.3. The Labute approximate surface area is 111 Å². The molecule has 102 valence electrons. The first-order valence-corrected chi connectivity index (χ1v) is 7.43. The molecule has 1 N–H and O–H groups in total. The fraction of sp³-hybridized carbons (Fsp3) is 0.800. The van der Waals surface area contributed by atoms with Crippen molar-refractivity contribution in [2.75, 3.05) is 6.54 Å². The van der Waals surface area contributed by atoms with Crippen LogP contribution >= 0.6 is 0 Å². The molecular weight excluding hydrogens is 222 g/mol. The summed E-state index contributed by atoms with van der Waals surface area (Å²) in [4.78, 5) is 4.82. The average Bonchev–Trinajstić information content (AvgIpc) is 2.74. The zero-order chi connectivity index (χ0) is 13.1. The van der Waals surface area contributed by atoms with E-state index in [2.05, 4.69) is 37.6 Å². The third-order valence-electron chi connectivity index (χ3n) is 3.92. The first-order chi connectivity index (χ1) is 8.63. The molecule has 0 amide bonds. The van der Waals surface area contributed by atoms with Gasteiger partial charge >= 0.3 is 0 Å². The number of aryl methyl sites for hydroxylation is 1. The van der Waals surface area contributed by atoms with Crippen molar-refractivity contribution in [2.45, 2.75) is 66.0 Å². The lowest BCUT2D eigenvalue weighted by Gasteiger charge is -2.22. The summed E-state index contributed by atoms with van der Waals surface area (Å²) in [6, 6.07) is 0.594. The molecule has 0 saturated carbocycles. The van der Waals surface area contributed by atoms with Crippen LogP contribution in [0.1, 0.15) is 63.8 Å². The van der Waals surface area contributed by atoms with Gasteiger partial charge in [-0.1, -0.05) is 20.8 Å². The molecule has 18 heavy (non-hydrogen) atoms. The van der Waals surface area contributed by atoms with Gasteiger partial charge in [0.2, 0.25) is 0 Å². The molecule has 1 aliphatic rings. The molecule has 3 nitrogen and oxygen atoms in total. The fourth-order valence-corrected chi connectivity index (χ4v) is 2.86. The molecular formula is C15H27N3. The fourth-order valence-electron chi connectivity index (χ4n) is 2.86. The third kappa shape index (κ3) is 2.77. The Balaban J connectivity index is 2.21. The summed E-state index contributed by atoms with van der Waals surface area (Å²) in [5, 5.41) is 3.42. The Kier molecular flexibility index (Phi) is 4.44. The van der Waals surface area contributed by atoms with Gasteiger partial charge in [0.15, 0.2) is 0 Å². The quantitative estimate of drug-likeness (QED) is 0.869. The molecule has 0 radical (unpaired) electrons. The van der Waals surface area contributed by atoms with Gasteiger partial charge < -0.3 is 9.88 Å². The minimum absolute atomic E-state index is 0.594. The highest BCUT2D eigenvalue weighted by Crippen LogP contribution is 2.25. The Morgan fingerprint density at radius 1 is 1.28 bits per heavy atom. The van der Waals surface area contributed by atoms with E-state index in [1.165, 1.54) is 30.1 Å². The van der Waals surface area contributed by atoms with Crippen molar-refractivity contribution in [1.82, 2.24) is 14.9 Å². The van der Waals surface area contributed by atoms with E-state index in [4.69, 9.17) is 4.98 Å². The van der Waals surface area contributed by atoms with Crippen LogP contribution in [0.2, 0.25) is 0 Å². The number of nitrogens with zero attached hydrogens (tertiary/aromatic N) is 2. The van der Waals surface area contributed by atoms with Gasteiger partial charge in [-0.25, -0.2) is 4.98 Å². The highest BCUT2D eigenvalue weighted by atomic mass is 15.1. The molecule has 0 aromatic carbocycles. The zero-order valence-electron chi connectivity index (χ0n) is 12.3. The van der Waals surface area contributed by atoms with E-state index in [9.17, 15) is 0 Å². The Bertz CT molecular complexity index is 393. The lowest BCUT2D eigenvalue weighted by molar-refractivity contribution is 0.418. The molecule has 0 aliphatic carbocycles. The van der Waals surface area contributed by atoms with Crippen LogP contribution in [0.25, 0.3) is 0 Å². The van der Waals surface area contributed by atoms with E-state index < -0.39 is 0 Å². The van der Waals surface area contributed by atoms with Crippen LogP contribution in [0.5, 0.6) is 0 Å². The average molecular weight is 249 g/mol. The van der Waals surface area contributed by atoms with Crippen molar-refractivity contribution in [3.8, 4) is 0 Å². The summed E-state index contributed by atoms with van der Waals surface area (Å²) < 4.78 is 2.53. The standard InChI is InChI=1S/C15H27N3/c1-5-15-17-13-10-16-9-8-14(13)18(15)12(4)7-6-11(2)3/h11-12,16H,5-10H2,1-4H3. The second kappa shape index (κ2) is 5.87. The molecule has 0 saturated heterocycles. The predicted molar refractivity (Wildman–Crippen MR) is 75.8 cm³/mol. The maximum Gasteiger partial charge on any atom is 0.109 e. The molecule has 1 aliphatic heterocycles. The van der Waals surface area contributed by atoms with E-state index in [1.54, 1.807) is 0 Å². The van der Waals surface area contributed by atoms with Crippen molar-refractivity contribution < 1.29 is 0 Å². The lowest BCUT2D eigenvalue weighted by atomic mass is 10.0. The number of fused-ring (bicyclic) bond motifs is 1. The van der Waals surface area contributed by atoms with Crippen LogP contribution < -0.4 is 5.32 Å². The molecule has 0 fully saturated rings. The molecule has 1 aromatic rings. The normalized spacial score (nSPS) is 16.9. The van der Waals surface area contributed by atoms with Gasteiger partial charge in [0.25, 0.3) is 0 Å². The van der Waals surface area contributed by atoms with E-state index in [0.29, 0.717) is 6.04 Å². The molecule has 2 rings (SSSR count). The number of aromatic nitrogens is 2. The van der Waals surface area contributed by atoms with E-state index >= 15 is 0 Å². The predicted octanol–water partition coefficient (Wildman–Crippen LogP) is 3.09. The summed E-state index contributed by atoms with van der Waals surface area (Å²) in [6.45, 7) is 11.2. The summed E-state index contributed by atoms with van der Waals surface area (Å²) >= 11 is 0. The van der Waals surface area contributed by atoms with Gasteiger partial charge in [0.1, 0.15) is 5.82 Å². The minimum Gasteiger partial charge on any atom is -0.329 e. The van der Waals surface area contributed by atoms with Gasteiger partial charge in [-0.3, -0.25) is 0 Å². The second-order valence-electron chi connectivity index (χ2n) is 5.89. The van der Waals surface area contributed by atoms with E-state index in [0.717, 1.165) is 31.8 Å². The topological polar surface area (TPSA) is 29.9 Å². The number of imidazole rings is 1. The SMILES string of the molecule is CCc1nc2c(n1C(C)CCC(C)C)CCNC2. The number of nitrogens with one attached hydrogen (secondary N) is 1. The van der Waals surface area contributed by atoms with Gasteiger partial charge in [0.05, 0.1) is 5.69 Å². The van der Waals surface area contributed by atoms with Crippen LogP contribution in [0, 0.1) is 5.92 Å². The van der Waals surface area contributed by atoms with Crippen LogP contribution in [-0.2, 0) is 19.4 Å². The maximum absolute atomic E-state index is 4.82. The van der Waals surface area contributed by atoms with Crippen molar-refractivity contribution in [2.24, 2.45) is 5.92 Å². The minimum atomic E-state index is 0.594. The monoisotopic (exact) mass is 249 g/mol. The molecule has 1 unspecified atom stereocenters. The van der Waals surface area contributed by atoms with Crippen molar-refractivity contribution >= 4 is 0 Å². The van der Waals surface area contributed by atoms with Crippen molar-refractivity contribution in [3.05, 3.63) is 17.2 Å². The van der Waals surface area contributed by atoms with Gasteiger partial charge in [-0.2, -0.15) is 0 Å². The number of hydrogen-bond acceptors (Lipinski definition) is 2. The summed E-state index contributed by atoms with van der Waals surface area (Å²) in [5.41, 5.74) is 2.77. The molecule has 1 aromatic heterocycles. The van der Waals surface area contributed by atoms with Gasteiger partial charge in [-0.05, 0) is 25.7 Å². The summed E-state index contributed by atoms with van der Waals surface area (Å²) in [7, 11) is 0. The largest absolute Gasteiger partial charge is 0.329 e. The molecule has 0 bridgehead atoms. The highest BCUT2D eigenvalue weighted by Gasteiger charge is 2.21. The van der Waals surface area contributed by atoms with Crippen molar-refractivity contribution in [1.29, 1.82) is 0 Å². The third-order valence-corrected chi connectivity index (χ3v) is 3.92. The van der Waals surface area contributed by atoms with Crippen LogP contribution in [-0.4, -0.2) is 16.1 Å². The Morgan fingerprint density at radius 3 is 2.72 bits per heavy atom. The lowest BCUT2D eigenvalue weighted by Crippen LogP contribution is -2.25. The summed E-state index contributed by atoms with van der Waals surface area (Å²) in [5.74, 6) is 2.07. The van der Waals surface area contributed by atoms with Crippen LogP contribution in [0.3, 0.4) is 0 Å². The molecule has 2 heterocycles. The van der Waals surface area contributed by atoms with Crippen molar-refractivity contribution in [3.63, 3.8) is 0 Å². The highest BCUT2D eigenvalue weighted by molar-refractivity contribution is 5.21. The Morgan fingerprint density at radius 2 is 2.06 bits per heavy atom.